The number of carboxylic acids is 1. The Hall–Kier alpha value is -5.46. The molecule has 2 heterocycles. The van der Waals surface area contributed by atoms with Gasteiger partial charge in [0, 0.05) is 36.8 Å². The summed E-state index contributed by atoms with van der Waals surface area (Å²) in [7, 11) is 0. The Bertz CT molecular complexity index is 1620. The summed E-state index contributed by atoms with van der Waals surface area (Å²) >= 11 is 0. The van der Waals surface area contributed by atoms with Gasteiger partial charge in [-0.05, 0) is 38.3 Å². The summed E-state index contributed by atoms with van der Waals surface area (Å²) in [5, 5.41) is 17.8. The Morgan fingerprint density at radius 1 is 1.06 bits per heavy atom. The quantitative estimate of drug-likeness (QED) is 0.194. The lowest BCUT2D eigenvalue weighted by molar-refractivity contribution is -0.137. The van der Waals surface area contributed by atoms with Gasteiger partial charge in [-0.2, -0.15) is 0 Å². The van der Waals surface area contributed by atoms with E-state index in [-0.39, 0.29) is 24.6 Å². The second-order valence-electron chi connectivity index (χ2n) is 11.0. The number of amides is 3. The van der Waals surface area contributed by atoms with Crippen molar-refractivity contribution in [3.05, 3.63) is 71.9 Å². The van der Waals surface area contributed by atoms with Crippen LogP contribution in [0.3, 0.4) is 0 Å². The number of para-hydroxylation sites is 1. The number of benzene rings is 2. The van der Waals surface area contributed by atoms with Gasteiger partial charge in [-0.25, -0.2) is 0 Å². The van der Waals surface area contributed by atoms with Crippen LogP contribution in [0.2, 0.25) is 0 Å². The Kier molecular flexibility index (Phi) is 13.3. The van der Waals surface area contributed by atoms with Gasteiger partial charge in [-0.15, -0.1) is 0 Å². The van der Waals surface area contributed by atoms with Gasteiger partial charge in [0.2, 0.25) is 17.7 Å². The first-order chi connectivity index (χ1) is 22.5. The molecule has 13 heteroatoms. The Labute approximate surface area is 274 Å². The SMILES string of the molecule is CC(=O)NC(CCC(=O)O)C(=O)Nc1c(C2=NC(C(N)=O)CCCN=C(N)N2)c(C)n(-c2ccccc2)c1-c1ccccc1.CCC. The van der Waals surface area contributed by atoms with Crippen molar-refractivity contribution >= 4 is 41.2 Å². The minimum absolute atomic E-state index is 0.0665. The molecule has 1 aromatic heterocycles. The van der Waals surface area contributed by atoms with E-state index in [2.05, 4.69) is 34.8 Å². The number of hydrogen-bond acceptors (Lipinski definition) is 8. The Morgan fingerprint density at radius 2 is 1.68 bits per heavy atom. The van der Waals surface area contributed by atoms with Crippen LogP contribution in [0.25, 0.3) is 16.9 Å². The highest BCUT2D eigenvalue weighted by molar-refractivity contribution is 6.17. The number of aromatic nitrogens is 1. The van der Waals surface area contributed by atoms with Crippen molar-refractivity contribution < 1.29 is 24.3 Å². The molecule has 0 saturated carbocycles. The summed E-state index contributed by atoms with van der Waals surface area (Å²) in [4.78, 5) is 58.6. The number of carbonyl (C=O) groups is 4. The van der Waals surface area contributed by atoms with E-state index in [1.54, 1.807) is 0 Å². The van der Waals surface area contributed by atoms with Crippen molar-refractivity contribution in [3.63, 3.8) is 0 Å². The average Bonchev–Trinajstić information content (AvgIpc) is 3.36. The van der Waals surface area contributed by atoms with E-state index < -0.39 is 35.8 Å². The number of primary amides is 1. The molecule has 2 aromatic carbocycles. The number of aliphatic imine (C=N–C) groups is 2. The van der Waals surface area contributed by atoms with Crippen molar-refractivity contribution in [1.29, 1.82) is 0 Å². The minimum atomic E-state index is -1.15. The van der Waals surface area contributed by atoms with Crippen LogP contribution in [0, 0.1) is 6.92 Å². The van der Waals surface area contributed by atoms with Crippen LogP contribution >= 0.6 is 0 Å². The Balaban J connectivity index is 0.00000192. The molecule has 47 heavy (non-hydrogen) atoms. The predicted octanol–water partition coefficient (Wildman–Crippen LogP) is 3.48. The number of anilines is 1. The lowest BCUT2D eigenvalue weighted by Crippen LogP contribution is -2.44. The number of rotatable bonds is 10. The number of nitrogens with two attached hydrogens (primary N) is 2. The summed E-state index contributed by atoms with van der Waals surface area (Å²) in [6, 6.07) is 16.7. The van der Waals surface area contributed by atoms with Crippen LogP contribution < -0.4 is 27.4 Å². The van der Waals surface area contributed by atoms with Gasteiger partial charge < -0.3 is 37.1 Å². The first-order valence-corrected chi connectivity index (χ1v) is 15.6. The minimum Gasteiger partial charge on any atom is -0.481 e. The summed E-state index contributed by atoms with van der Waals surface area (Å²) < 4.78 is 1.94. The van der Waals surface area contributed by atoms with Crippen LogP contribution in [0.15, 0.2) is 70.6 Å². The molecule has 8 N–H and O–H groups in total. The summed E-state index contributed by atoms with van der Waals surface area (Å²) in [6.45, 7) is 7.69. The number of amidine groups is 1. The van der Waals surface area contributed by atoms with Gasteiger partial charge >= 0.3 is 5.97 Å². The fourth-order valence-electron chi connectivity index (χ4n) is 5.09. The average molecular weight is 645 g/mol. The molecule has 0 fully saturated rings. The molecule has 2 unspecified atom stereocenters. The third-order valence-corrected chi connectivity index (χ3v) is 7.07. The summed E-state index contributed by atoms with van der Waals surface area (Å²) in [6.07, 6.45) is 1.63. The number of guanidine groups is 1. The van der Waals surface area contributed by atoms with Crippen molar-refractivity contribution in [3.8, 4) is 16.9 Å². The molecule has 3 amide bonds. The highest BCUT2D eigenvalue weighted by Gasteiger charge is 2.31. The van der Waals surface area contributed by atoms with E-state index in [1.807, 2.05) is 72.2 Å². The van der Waals surface area contributed by atoms with Crippen LogP contribution in [-0.2, 0) is 19.2 Å². The number of carbonyl (C=O) groups excluding carboxylic acids is 3. The van der Waals surface area contributed by atoms with E-state index >= 15 is 0 Å². The molecule has 250 valence electrons. The second-order valence-corrected chi connectivity index (χ2v) is 11.0. The van der Waals surface area contributed by atoms with Gasteiger partial charge in [0.05, 0.1) is 16.9 Å². The van der Waals surface area contributed by atoms with Crippen molar-refractivity contribution in [2.24, 2.45) is 21.5 Å². The van der Waals surface area contributed by atoms with Crippen molar-refractivity contribution in [1.82, 2.24) is 15.2 Å². The number of nitrogens with zero attached hydrogens (tertiary/aromatic N) is 3. The maximum atomic E-state index is 13.8. The van der Waals surface area contributed by atoms with Gasteiger partial charge in [0.15, 0.2) is 5.96 Å². The van der Waals surface area contributed by atoms with Gasteiger partial charge in [0.25, 0.3) is 0 Å². The molecule has 1 aliphatic heterocycles. The van der Waals surface area contributed by atoms with Gasteiger partial charge in [0.1, 0.15) is 17.9 Å². The fraction of sp³-hybridized carbons (Fsp3) is 0.353. The lowest BCUT2D eigenvalue weighted by atomic mass is 10.1. The van der Waals surface area contributed by atoms with E-state index in [0.717, 1.165) is 11.3 Å². The third-order valence-electron chi connectivity index (χ3n) is 7.07. The maximum Gasteiger partial charge on any atom is 0.303 e. The van der Waals surface area contributed by atoms with E-state index in [0.29, 0.717) is 42.0 Å². The highest BCUT2D eigenvalue weighted by Crippen LogP contribution is 2.39. The molecule has 0 radical (unpaired) electrons. The van der Waals surface area contributed by atoms with Crippen LogP contribution in [0.5, 0.6) is 0 Å². The molecule has 0 aliphatic carbocycles. The van der Waals surface area contributed by atoms with E-state index in [1.165, 1.54) is 13.3 Å². The predicted molar refractivity (Wildman–Crippen MR) is 183 cm³/mol. The highest BCUT2D eigenvalue weighted by atomic mass is 16.4. The molecule has 2 atom stereocenters. The normalized spacial score (nSPS) is 15.1. The fourth-order valence-corrected chi connectivity index (χ4v) is 5.09. The van der Waals surface area contributed by atoms with Crippen LogP contribution in [-0.4, -0.2) is 63.8 Å². The smallest absolute Gasteiger partial charge is 0.303 e. The van der Waals surface area contributed by atoms with Crippen LogP contribution in [0.1, 0.15) is 64.1 Å². The van der Waals surface area contributed by atoms with Gasteiger partial charge in [-0.3, -0.25) is 29.2 Å². The molecule has 3 aromatic rings. The monoisotopic (exact) mass is 644 g/mol. The molecule has 0 spiro atoms. The van der Waals surface area contributed by atoms with E-state index in [4.69, 9.17) is 16.5 Å². The first-order valence-electron chi connectivity index (χ1n) is 15.6. The summed E-state index contributed by atoms with van der Waals surface area (Å²) in [5.74, 6) is -2.64. The molecular weight excluding hydrogens is 600 g/mol. The number of hydrogen-bond donors (Lipinski definition) is 6. The number of aliphatic carboxylic acids is 1. The summed E-state index contributed by atoms with van der Waals surface area (Å²) in [5.41, 5.74) is 15.4. The van der Waals surface area contributed by atoms with Crippen molar-refractivity contribution in [2.75, 3.05) is 11.9 Å². The first kappa shape index (κ1) is 36.0. The lowest BCUT2D eigenvalue weighted by Gasteiger charge is -2.19. The molecule has 13 nitrogen and oxygen atoms in total. The standard InChI is InChI=1S/C31H36N8O5.C3H8/c1-18-25(29-36-22(28(32)43)14-9-17-34-31(33)38-29)26(37-30(44)23(35-19(2)40)15-16-24(41)42)27(20-10-5-3-6-11-20)39(18)21-12-7-4-8-13-21;1-3-2/h3-8,10-13,22-23H,9,14-17H2,1-2H3,(H2,32,43)(H,35,40)(H,37,44)(H,41,42)(H3,33,34,36,38);3H2,1-2H3. The topological polar surface area (TPSA) is 206 Å². The van der Waals surface area contributed by atoms with Crippen molar-refractivity contribution in [2.45, 2.75) is 71.9 Å². The number of carboxylic acid groups (broad SMARTS) is 1. The third kappa shape index (κ3) is 9.76. The van der Waals surface area contributed by atoms with Gasteiger partial charge in [-0.1, -0.05) is 68.8 Å². The Morgan fingerprint density at radius 3 is 2.26 bits per heavy atom. The van der Waals surface area contributed by atoms with E-state index in [9.17, 15) is 24.3 Å². The zero-order chi connectivity index (χ0) is 34.5. The molecular formula is C34H44N8O5. The second kappa shape index (κ2) is 17.3. The zero-order valence-electron chi connectivity index (χ0n) is 27.2. The molecule has 0 bridgehead atoms. The largest absolute Gasteiger partial charge is 0.481 e. The van der Waals surface area contributed by atoms with Crippen LogP contribution in [0.4, 0.5) is 5.69 Å². The zero-order valence-corrected chi connectivity index (χ0v) is 27.2. The molecule has 0 saturated heterocycles. The number of nitrogens with one attached hydrogen (secondary N) is 3. The molecule has 1 aliphatic rings. The molecule has 4 rings (SSSR count). The maximum absolute atomic E-state index is 13.8.